The molecule has 2 aromatic rings. The molecule has 1 aliphatic heterocycles. The fourth-order valence-corrected chi connectivity index (χ4v) is 6.66. The van der Waals surface area contributed by atoms with Gasteiger partial charge in [-0.05, 0) is 31.9 Å². The van der Waals surface area contributed by atoms with Crippen molar-refractivity contribution in [3.05, 3.63) is 34.4 Å². The normalized spacial score (nSPS) is 23.5. The van der Waals surface area contributed by atoms with Gasteiger partial charge in [0, 0.05) is 12.4 Å². The molecule has 0 bridgehead atoms. The number of amides is 1. The number of hydrogen-bond donors (Lipinski definition) is 2. The Morgan fingerprint density at radius 3 is 2.68 bits per heavy atom. The number of nitrogens with zero attached hydrogens (tertiary/aromatic N) is 4. The van der Waals surface area contributed by atoms with E-state index >= 15 is 0 Å². The number of anilines is 1. The summed E-state index contributed by atoms with van der Waals surface area (Å²) in [5, 5.41) is 4.50. The number of pyridine rings is 1. The van der Waals surface area contributed by atoms with Gasteiger partial charge in [-0.2, -0.15) is 8.78 Å². The second kappa shape index (κ2) is 7.09. The Labute approximate surface area is 180 Å². The Balaban J connectivity index is 1.57. The average molecular weight is 472 g/mol. The first-order valence-corrected chi connectivity index (χ1v) is 11.3. The minimum absolute atomic E-state index is 0.0369. The van der Waals surface area contributed by atoms with Crippen LogP contribution in [0.4, 0.5) is 14.6 Å². The zero-order valence-electron chi connectivity index (χ0n) is 16.4. The molecule has 166 valence electrons. The third kappa shape index (κ3) is 3.29. The van der Waals surface area contributed by atoms with Gasteiger partial charge in [0.15, 0.2) is 0 Å². The number of aromatic nitrogens is 2. The van der Waals surface area contributed by atoms with Crippen molar-refractivity contribution in [2.75, 3.05) is 12.4 Å². The summed E-state index contributed by atoms with van der Waals surface area (Å²) in [5.74, 6) is -0.743. The highest BCUT2D eigenvalue weighted by Crippen LogP contribution is 2.60. The number of carbonyl (C=O) groups excluding carboxylic acids is 1. The lowest BCUT2D eigenvalue weighted by Gasteiger charge is -2.40. The van der Waals surface area contributed by atoms with Crippen LogP contribution in [0.1, 0.15) is 35.3 Å². The molecule has 1 atom stereocenters. The van der Waals surface area contributed by atoms with Gasteiger partial charge in [-0.15, -0.1) is 11.3 Å². The van der Waals surface area contributed by atoms with Gasteiger partial charge < -0.3 is 15.8 Å². The number of halogens is 2. The standard InChI is InChI=1S/C17H18F2N6O4S2/c1-16(17(5-6-17)31(27,28)25(2)15(20)24-16)13-23-11(8-30-13)22-12(26)10-4-3-9(7-21-10)29-14(18)19/h3-4,7-8,14H,5-6H2,1-2H3,(H2,20,24)(H,22,26)/t16-/m1/s1. The SMILES string of the molecule is CN1C(N)=N[C@](C)(c2nc(NC(=O)c3ccc(OC(F)F)cn3)cs2)C2(CC2)S1(=O)=O. The lowest BCUT2D eigenvalue weighted by atomic mass is 9.96. The van der Waals surface area contributed by atoms with E-state index in [4.69, 9.17) is 5.73 Å². The summed E-state index contributed by atoms with van der Waals surface area (Å²) in [5.41, 5.74) is 4.63. The highest BCUT2D eigenvalue weighted by Gasteiger charge is 2.71. The number of nitrogens with one attached hydrogen (secondary N) is 1. The third-order valence-electron chi connectivity index (χ3n) is 5.46. The molecule has 14 heteroatoms. The molecule has 0 aromatic carbocycles. The lowest BCUT2D eigenvalue weighted by molar-refractivity contribution is -0.0500. The number of thiazole rings is 1. The maximum Gasteiger partial charge on any atom is 0.387 e. The second-order valence-electron chi connectivity index (χ2n) is 7.26. The van der Waals surface area contributed by atoms with Crippen LogP contribution in [0.2, 0.25) is 0 Å². The summed E-state index contributed by atoms with van der Waals surface area (Å²) < 4.78 is 54.4. The largest absolute Gasteiger partial charge is 0.433 e. The number of hydrogen-bond acceptors (Lipinski definition) is 9. The molecule has 4 rings (SSSR count). The smallest absolute Gasteiger partial charge is 0.387 e. The molecule has 31 heavy (non-hydrogen) atoms. The number of carbonyl (C=O) groups is 1. The molecule has 1 aliphatic carbocycles. The van der Waals surface area contributed by atoms with Gasteiger partial charge in [-0.25, -0.2) is 27.7 Å². The van der Waals surface area contributed by atoms with Crippen LogP contribution in [-0.4, -0.2) is 53.0 Å². The first-order chi connectivity index (χ1) is 14.5. The number of sulfonamides is 1. The van der Waals surface area contributed by atoms with Gasteiger partial charge in [-0.3, -0.25) is 4.79 Å². The van der Waals surface area contributed by atoms with Crippen LogP contribution < -0.4 is 15.8 Å². The van der Waals surface area contributed by atoms with E-state index in [9.17, 15) is 22.0 Å². The minimum atomic E-state index is -3.72. The molecule has 1 fully saturated rings. The van der Waals surface area contributed by atoms with E-state index in [0.717, 1.165) is 21.8 Å². The summed E-state index contributed by atoms with van der Waals surface area (Å²) in [6.45, 7) is -1.32. The number of guanidine groups is 1. The Morgan fingerprint density at radius 1 is 1.39 bits per heavy atom. The molecule has 3 N–H and O–H groups in total. The Bertz CT molecular complexity index is 1160. The molecule has 0 unspecified atom stereocenters. The van der Waals surface area contributed by atoms with E-state index in [-0.39, 0.29) is 23.2 Å². The maximum atomic E-state index is 13.0. The van der Waals surface area contributed by atoms with Crippen LogP contribution in [0.5, 0.6) is 5.75 Å². The number of rotatable bonds is 5. The van der Waals surface area contributed by atoms with Crippen LogP contribution in [0, 0.1) is 0 Å². The number of alkyl halides is 2. The lowest BCUT2D eigenvalue weighted by Crippen LogP contribution is -2.57. The molecule has 1 spiro atoms. The molecule has 3 heterocycles. The topological polar surface area (TPSA) is 140 Å². The molecule has 10 nitrogen and oxygen atoms in total. The summed E-state index contributed by atoms with van der Waals surface area (Å²) >= 11 is 1.15. The fraction of sp³-hybridized carbons (Fsp3) is 0.412. The van der Waals surface area contributed by atoms with Crippen LogP contribution >= 0.6 is 11.3 Å². The van der Waals surface area contributed by atoms with Gasteiger partial charge in [-0.1, -0.05) is 0 Å². The summed E-state index contributed by atoms with van der Waals surface area (Å²) in [4.78, 5) is 25.0. The zero-order valence-corrected chi connectivity index (χ0v) is 18.0. The van der Waals surface area contributed by atoms with E-state index < -0.39 is 32.8 Å². The van der Waals surface area contributed by atoms with Crippen molar-refractivity contribution in [2.24, 2.45) is 10.7 Å². The first kappa shape index (κ1) is 21.4. The predicted molar refractivity (Wildman–Crippen MR) is 109 cm³/mol. The quantitative estimate of drug-likeness (QED) is 0.675. The van der Waals surface area contributed by atoms with Crippen LogP contribution in [0.3, 0.4) is 0 Å². The van der Waals surface area contributed by atoms with Gasteiger partial charge in [0.25, 0.3) is 5.91 Å². The van der Waals surface area contributed by atoms with Crippen molar-refractivity contribution in [3.63, 3.8) is 0 Å². The van der Waals surface area contributed by atoms with Crippen LogP contribution in [0.15, 0.2) is 28.7 Å². The summed E-state index contributed by atoms with van der Waals surface area (Å²) in [6, 6.07) is 2.43. The molecular formula is C17H18F2N6O4S2. The average Bonchev–Trinajstić information content (AvgIpc) is 3.41. The van der Waals surface area contributed by atoms with Gasteiger partial charge in [0.2, 0.25) is 16.0 Å². The van der Waals surface area contributed by atoms with Crippen molar-refractivity contribution in [1.29, 1.82) is 0 Å². The van der Waals surface area contributed by atoms with Crippen molar-refractivity contribution in [3.8, 4) is 5.75 Å². The number of nitrogens with two attached hydrogens (primary N) is 1. The monoisotopic (exact) mass is 472 g/mol. The van der Waals surface area contributed by atoms with E-state index in [1.54, 1.807) is 12.3 Å². The summed E-state index contributed by atoms with van der Waals surface area (Å²) in [7, 11) is -2.35. The van der Waals surface area contributed by atoms with Crippen molar-refractivity contribution < 1.29 is 26.7 Å². The Morgan fingerprint density at radius 2 is 2.10 bits per heavy atom. The third-order valence-corrected chi connectivity index (χ3v) is 9.22. The van der Waals surface area contributed by atoms with Gasteiger partial charge in [0.05, 0.1) is 6.20 Å². The Kier molecular flexibility index (Phi) is 4.88. The molecule has 1 amide bonds. The second-order valence-corrected chi connectivity index (χ2v) is 10.4. The van der Waals surface area contributed by atoms with E-state index in [2.05, 4.69) is 25.0 Å². The maximum absolute atomic E-state index is 13.0. The molecule has 0 saturated heterocycles. The first-order valence-electron chi connectivity index (χ1n) is 9.02. The molecule has 0 radical (unpaired) electrons. The van der Waals surface area contributed by atoms with E-state index in [0.29, 0.717) is 17.8 Å². The minimum Gasteiger partial charge on any atom is -0.433 e. The zero-order chi connectivity index (χ0) is 22.6. The fourth-order valence-electron chi connectivity index (χ4n) is 3.56. The van der Waals surface area contributed by atoms with Crippen LogP contribution in [-0.2, 0) is 15.6 Å². The number of aliphatic imine (C=N–C) groups is 1. The molecule has 1 saturated carbocycles. The van der Waals surface area contributed by atoms with Crippen molar-refractivity contribution in [1.82, 2.24) is 14.3 Å². The van der Waals surface area contributed by atoms with E-state index in [1.807, 2.05) is 0 Å². The van der Waals surface area contributed by atoms with E-state index in [1.165, 1.54) is 19.2 Å². The van der Waals surface area contributed by atoms with Gasteiger partial charge in [0.1, 0.15) is 32.6 Å². The summed E-state index contributed by atoms with van der Waals surface area (Å²) in [6.07, 6.45) is 1.85. The van der Waals surface area contributed by atoms with Crippen LogP contribution in [0.25, 0.3) is 0 Å². The van der Waals surface area contributed by atoms with Gasteiger partial charge >= 0.3 is 6.61 Å². The van der Waals surface area contributed by atoms with Crippen molar-refractivity contribution in [2.45, 2.75) is 36.7 Å². The predicted octanol–water partition coefficient (Wildman–Crippen LogP) is 1.73. The highest BCUT2D eigenvalue weighted by molar-refractivity contribution is 7.91. The number of ether oxygens (including phenoxy) is 1. The Hall–Kier alpha value is -2.87. The molecular weight excluding hydrogens is 454 g/mol. The molecule has 2 aromatic heterocycles. The molecule has 2 aliphatic rings. The highest BCUT2D eigenvalue weighted by atomic mass is 32.2. The van der Waals surface area contributed by atoms with Crippen molar-refractivity contribution >= 4 is 39.0 Å².